The van der Waals surface area contributed by atoms with Crippen LogP contribution in [0.5, 0.6) is 5.75 Å². The minimum Gasteiger partial charge on any atom is -0.507 e. The summed E-state index contributed by atoms with van der Waals surface area (Å²) in [6.07, 6.45) is 0. The Balaban J connectivity index is 2.15. The molecule has 5 nitrogen and oxygen atoms in total. The van der Waals surface area contributed by atoms with E-state index in [0.29, 0.717) is 17.2 Å². The van der Waals surface area contributed by atoms with Crippen LogP contribution in [0.3, 0.4) is 0 Å². The molecule has 0 fully saturated rings. The third kappa shape index (κ3) is 4.08. The Morgan fingerprint density at radius 3 is 2.24 bits per heavy atom. The Hall–Kier alpha value is -4.26. The molecule has 0 saturated heterocycles. The second-order valence-corrected chi connectivity index (χ2v) is 7.92. The summed E-state index contributed by atoms with van der Waals surface area (Å²) >= 11 is 0. The van der Waals surface area contributed by atoms with Crippen molar-refractivity contribution in [1.29, 1.82) is 0 Å². The van der Waals surface area contributed by atoms with Crippen LogP contribution in [0.2, 0.25) is 0 Å². The van der Waals surface area contributed by atoms with Gasteiger partial charge in [0.1, 0.15) is 28.7 Å². The zero-order valence-corrected chi connectivity index (χ0v) is 18.3. The Labute approximate surface area is 193 Å². The van der Waals surface area contributed by atoms with E-state index in [-0.39, 0.29) is 22.1 Å². The number of halogens is 2. The number of aliphatic hydroxyl groups is 1. The highest BCUT2D eigenvalue weighted by molar-refractivity contribution is 6.02. The van der Waals surface area contributed by atoms with Gasteiger partial charge in [-0.05, 0) is 49.2 Å². The van der Waals surface area contributed by atoms with Crippen molar-refractivity contribution in [2.45, 2.75) is 19.8 Å². The van der Waals surface area contributed by atoms with Gasteiger partial charge in [-0.25, -0.2) is 13.6 Å². The van der Waals surface area contributed by atoms with Crippen LogP contribution in [0.15, 0.2) is 81.5 Å². The molecule has 172 valence electrons. The monoisotopic (exact) mass is 462 g/mol. The van der Waals surface area contributed by atoms with Crippen molar-refractivity contribution in [3.05, 3.63) is 117 Å². The molecule has 7 heteroatoms. The number of hydrogen-bond acceptors (Lipinski definition) is 5. The SMILES string of the molecule is CC(=O)/C(=C(/O)c1ccccc1C)C(c1cc(F)cc(F)c1)c1c(O)c2ccccc2oc1=O. The average Bonchev–Trinajstić information content (AvgIpc) is 2.77. The summed E-state index contributed by atoms with van der Waals surface area (Å²) < 4.78 is 33.8. The van der Waals surface area contributed by atoms with Gasteiger partial charge in [0.15, 0.2) is 5.78 Å². The molecule has 34 heavy (non-hydrogen) atoms. The maximum absolute atomic E-state index is 14.2. The lowest BCUT2D eigenvalue weighted by molar-refractivity contribution is -0.113. The molecule has 4 aromatic rings. The average molecular weight is 462 g/mol. The number of Topliss-reactive ketones (excluding diaryl/α,β-unsaturated/α-hetero) is 1. The van der Waals surface area contributed by atoms with Crippen molar-refractivity contribution >= 4 is 22.5 Å². The molecule has 0 aliphatic carbocycles. The molecule has 0 saturated carbocycles. The zero-order valence-electron chi connectivity index (χ0n) is 18.3. The van der Waals surface area contributed by atoms with E-state index in [4.69, 9.17) is 4.42 Å². The van der Waals surface area contributed by atoms with Crippen LogP contribution in [-0.2, 0) is 4.79 Å². The Morgan fingerprint density at radius 2 is 1.59 bits per heavy atom. The number of para-hydroxylation sites is 1. The smallest absolute Gasteiger partial charge is 0.344 e. The fourth-order valence-electron chi connectivity index (χ4n) is 4.11. The van der Waals surface area contributed by atoms with Crippen LogP contribution in [-0.4, -0.2) is 16.0 Å². The van der Waals surface area contributed by atoms with Gasteiger partial charge in [0, 0.05) is 17.2 Å². The molecule has 3 aromatic carbocycles. The van der Waals surface area contributed by atoms with Crippen LogP contribution in [0.1, 0.15) is 35.1 Å². The minimum absolute atomic E-state index is 0.0920. The third-order valence-electron chi connectivity index (χ3n) is 5.65. The maximum atomic E-state index is 14.2. The lowest BCUT2D eigenvalue weighted by Gasteiger charge is -2.22. The summed E-state index contributed by atoms with van der Waals surface area (Å²) in [5, 5.41) is 22.5. The van der Waals surface area contributed by atoms with Crippen molar-refractivity contribution in [2.75, 3.05) is 0 Å². The van der Waals surface area contributed by atoms with Crippen LogP contribution < -0.4 is 5.63 Å². The molecule has 2 N–H and O–H groups in total. The first-order valence-electron chi connectivity index (χ1n) is 10.4. The van der Waals surface area contributed by atoms with Gasteiger partial charge in [0.25, 0.3) is 0 Å². The fraction of sp³-hybridized carbons (Fsp3) is 0.111. The Bertz CT molecular complexity index is 1500. The summed E-state index contributed by atoms with van der Waals surface area (Å²) in [7, 11) is 0. The number of aryl methyl sites for hydroxylation is 1. The van der Waals surface area contributed by atoms with Crippen molar-refractivity contribution in [3.63, 3.8) is 0 Å². The van der Waals surface area contributed by atoms with Crippen molar-refractivity contribution in [1.82, 2.24) is 0 Å². The first-order chi connectivity index (χ1) is 16.2. The summed E-state index contributed by atoms with van der Waals surface area (Å²) in [5.74, 6) is -5.10. The summed E-state index contributed by atoms with van der Waals surface area (Å²) in [5.41, 5.74) is -0.902. The van der Waals surface area contributed by atoms with E-state index >= 15 is 0 Å². The molecule has 1 atom stereocenters. The molecule has 0 amide bonds. The number of benzene rings is 3. The highest BCUT2D eigenvalue weighted by atomic mass is 19.1. The lowest BCUT2D eigenvalue weighted by Crippen LogP contribution is -2.21. The quantitative estimate of drug-likeness (QED) is 0.223. The number of allylic oxidation sites excluding steroid dienone is 1. The predicted molar refractivity (Wildman–Crippen MR) is 124 cm³/mol. The number of hydrogen-bond donors (Lipinski definition) is 2. The molecular weight excluding hydrogens is 442 g/mol. The van der Waals surface area contributed by atoms with E-state index in [1.54, 1.807) is 43.3 Å². The third-order valence-corrected chi connectivity index (χ3v) is 5.65. The van der Waals surface area contributed by atoms with Gasteiger partial charge in [-0.1, -0.05) is 36.4 Å². The topological polar surface area (TPSA) is 87.7 Å². The van der Waals surface area contributed by atoms with E-state index in [2.05, 4.69) is 0 Å². The molecule has 1 heterocycles. The number of carbonyl (C=O) groups is 1. The van der Waals surface area contributed by atoms with Gasteiger partial charge in [-0.2, -0.15) is 0 Å². The Morgan fingerprint density at radius 1 is 0.971 bits per heavy atom. The maximum Gasteiger partial charge on any atom is 0.344 e. The predicted octanol–water partition coefficient (Wildman–Crippen LogP) is 5.78. The minimum atomic E-state index is -1.52. The molecular formula is C27H20F2O5. The number of aromatic hydroxyl groups is 1. The zero-order chi connectivity index (χ0) is 24.6. The molecule has 0 aliphatic rings. The van der Waals surface area contributed by atoms with Gasteiger partial charge in [-0.15, -0.1) is 0 Å². The first-order valence-corrected chi connectivity index (χ1v) is 10.4. The van der Waals surface area contributed by atoms with Gasteiger partial charge < -0.3 is 14.6 Å². The largest absolute Gasteiger partial charge is 0.507 e. The highest BCUT2D eigenvalue weighted by Gasteiger charge is 2.33. The standard InChI is InChI=1S/C27H20F2O5/c1-14-7-3-4-8-19(14)25(31)22(15(2)30)23(16-11-17(28)13-18(29)12-16)24-26(32)20-9-5-6-10-21(20)34-27(24)33/h3-13,23,31-32H,1-2H3/b25-22-. The first kappa shape index (κ1) is 22.9. The van der Waals surface area contributed by atoms with Crippen LogP contribution >= 0.6 is 0 Å². The summed E-state index contributed by atoms with van der Waals surface area (Å²) in [6.45, 7) is 2.87. The van der Waals surface area contributed by atoms with Crippen molar-refractivity contribution in [2.24, 2.45) is 0 Å². The van der Waals surface area contributed by atoms with Crippen LogP contribution in [0.4, 0.5) is 8.78 Å². The van der Waals surface area contributed by atoms with Crippen molar-refractivity contribution < 1.29 is 28.2 Å². The van der Waals surface area contributed by atoms with E-state index < -0.39 is 46.0 Å². The number of rotatable bonds is 5. The summed E-state index contributed by atoms with van der Waals surface area (Å²) in [4.78, 5) is 26.0. The van der Waals surface area contributed by atoms with Crippen molar-refractivity contribution in [3.8, 4) is 5.75 Å². The summed E-state index contributed by atoms with van der Waals surface area (Å²) in [6, 6.07) is 15.4. The molecule has 0 radical (unpaired) electrons. The lowest BCUT2D eigenvalue weighted by atomic mass is 9.81. The van der Waals surface area contributed by atoms with E-state index in [0.717, 1.165) is 19.1 Å². The van der Waals surface area contributed by atoms with Gasteiger partial charge >= 0.3 is 5.63 Å². The second-order valence-electron chi connectivity index (χ2n) is 7.92. The molecule has 1 aromatic heterocycles. The van der Waals surface area contributed by atoms with Gasteiger partial charge in [0.2, 0.25) is 0 Å². The molecule has 0 bridgehead atoms. The molecule has 0 aliphatic heterocycles. The number of aliphatic hydroxyl groups excluding tert-OH is 1. The number of ketones is 1. The normalized spacial score (nSPS) is 12.9. The fourth-order valence-corrected chi connectivity index (χ4v) is 4.11. The van der Waals surface area contributed by atoms with Crippen LogP contribution in [0, 0.1) is 18.6 Å². The second kappa shape index (κ2) is 8.94. The highest BCUT2D eigenvalue weighted by Crippen LogP contribution is 2.41. The van der Waals surface area contributed by atoms with Gasteiger partial charge in [0.05, 0.1) is 16.9 Å². The van der Waals surface area contributed by atoms with E-state index in [1.165, 1.54) is 12.1 Å². The molecule has 1 unspecified atom stereocenters. The molecule has 4 rings (SSSR count). The number of carbonyl (C=O) groups excluding carboxylic acids is 1. The van der Waals surface area contributed by atoms with Gasteiger partial charge in [-0.3, -0.25) is 4.79 Å². The molecule has 0 spiro atoms. The van der Waals surface area contributed by atoms with Crippen LogP contribution in [0.25, 0.3) is 16.7 Å². The Kier molecular flexibility index (Phi) is 6.03. The van der Waals surface area contributed by atoms with E-state index in [9.17, 15) is 28.6 Å². The number of fused-ring (bicyclic) bond motifs is 1. The van der Waals surface area contributed by atoms with E-state index in [1.807, 2.05) is 0 Å².